The third kappa shape index (κ3) is 21.9. The second kappa shape index (κ2) is 39.8. The molecule has 566 valence electrons. The van der Waals surface area contributed by atoms with Gasteiger partial charge in [0, 0.05) is 12.5 Å². The zero-order chi connectivity index (χ0) is 74.2. The van der Waals surface area contributed by atoms with Crippen LogP contribution in [0.2, 0.25) is 0 Å². The van der Waals surface area contributed by atoms with Crippen molar-refractivity contribution in [2.45, 2.75) is 191 Å². The molecule has 8 aromatic rings. The van der Waals surface area contributed by atoms with Crippen LogP contribution < -0.4 is 4.74 Å². The normalized spacial score (nSPS) is 24.1. The van der Waals surface area contributed by atoms with Gasteiger partial charge in [-0.05, 0) is 89.4 Å². The van der Waals surface area contributed by atoms with Gasteiger partial charge >= 0.3 is 0 Å². The summed E-state index contributed by atoms with van der Waals surface area (Å²) >= 11 is 0. The minimum Gasteiger partial charge on any atom is -0.497 e. The van der Waals surface area contributed by atoms with E-state index in [0.717, 1.165) is 102 Å². The van der Waals surface area contributed by atoms with Crippen molar-refractivity contribution in [3.05, 3.63) is 281 Å². The summed E-state index contributed by atoms with van der Waals surface area (Å²) in [5, 5.41) is 0. The lowest BCUT2D eigenvalue weighted by Gasteiger charge is -2.51. The lowest BCUT2D eigenvalue weighted by atomic mass is 9.74. The number of Topliss-reactive ketones (excluding diaryl/α,β-unsaturated/α-hetero) is 1. The number of methoxy groups -OCH3 is 1. The topological polar surface area (TPSA) is 199 Å². The first-order chi connectivity index (χ1) is 52.3. The van der Waals surface area contributed by atoms with Crippen molar-refractivity contribution in [3.8, 4) is 5.75 Å². The zero-order valence-corrected chi connectivity index (χ0v) is 62.3. The molecule has 12 rings (SSSR count). The molecule has 0 bridgehead atoms. The van der Waals surface area contributed by atoms with E-state index in [4.69, 9.17) is 56.3 Å². The first kappa shape index (κ1) is 78.5. The molecule has 0 aliphatic carbocycles. The van der Waals surface area contributed by atoms with Gasteiger partial charge in [0.05, 0.1) is 120 Å². The van der Waals surface area contributed by atoms with E-state index >= 15 is 14.4 Å². The maximum Gasteiger partial charge on any atom is 0.264 e. The average molecular weight is 1480 g/mol. The fraction of sp³-hybridized carbons (Fsp3) is 0.420. The Bertz CT molecular complexity index is 4070. The van der Waals surface area contributed by atoms with E-state index in [-0.39, 0.29) is 70.4 Å². The van der Waals surface area contributed by atoms with Crippen molar-refractivity contribution in [1.82, 2.24) is 4.90 Å². The van der Waals surface area contributed by atoms with Gasteiger partial charge < -0.3 is 52.1 Å². The van der Waals surface area contributed by atoms with E-state index in [0.29, 0.717) is 19.6 Å². The Morgan fingerprint density at radius 1 is 0.449 bits per heavy atom. The SMILES string of the molecule is COc1ccc(COCCCCCCCCCC[C@@H]2OC[C@@H](C[C@@H]3O[C@H](COCc4ccccc4)[C@H](OCc4ccccc4)C(=O)[C@H]3C(OS(C)(=O)=O)[C@@H]3O[C@@H](C)[C@@H](OCc4ccccc4)[C@@H](OCc4ccccc4)[C@@H]3OCc3ccccc3)[C@H](OCc3ccccc3)[C@H]2N2C(=O)c3ccccc3C2=O)cc1. The second-order valence-electron chi connectivity index (χ2n) is 28.4. The number of nitrogens with zero attached hydrogens (tertiary/aromatic N) is 1. The Kier molecular flexibility index (Phi) is 29.2. The quantitative estimate of drug-likeness (QED) is 0.0199. The number of benzene rings is 8. The minimum atomic E-state index is -4.54. The zero-order valence-electron chi connectivity index (χ0n) is 61.5. The molecular weight excluding hydrogens is 1380 g/mol. The number of ketones is 1. The van der Waals surface area contributed by atoms with Gasteiger partial charge in [-0.25, -0.2) is 0 Å². The molecule has 107 heavy (non-hydrogen) atoms. The van der Waals surface area contributed by atoms with Gasteiger partial charge in [0.15, 0.2) is 5.78 Å². The summed E-state index contributed by atoms with van der Waals surface area (Å²) in [5.74, 6) is -2.94. The van der Waals surface area contributed by atoms with E-state index in [1.807, 2.05) is 213 Å². The van der Waals surface area contributed by atoms with Gasteiger partial charge in [0.1, 0.15) is 48.5 Å². The van der Waals surface area contributed by atoms with E-state index in [2.05, 4.69) is 0 Å². The highest BCUT2D eigenvalue weighted by Gasteiger charge is 2.60. The first-order valence-electron chi connectivity index (χ1n) is 37.8. The highest BCUT2D eigenvalue weighted by molar-refractivity contribution is 7.86. The molecule has 2 amide bonds. The van der Waals surface area contributed by atoms with Crippen LogP contribution in [0.3, 0.4) is 0 Å². The fourth-order valence-corrected chi connectivity index (χ4v) is 15.8. The number of hydrogen-bond acceptors (Lipinski definition) is 17. The molecule has 3 saturated heterocycles. The fourth-order valence-electron chi connectivity index (χ4n) is 15.2. The summed E-state index contributed by atoms with van der Waals surface area (Å²) in [6, 6.07) is 71.6. The molecule has 19 heteroatoms. The minimum absolute atomic E-state index is 0.00815. The number of carbonyl (C=O) groups excluding carboxylic acids is 3. The average Bonchev–Trinajstić information content (AvgIpc) is 1.67. The number of rotatable bonds is 40. The van der Waals surface area contributed by atoms with Crippen LogP contribution in [0, 0.1) is 11.8 Å². The number of unbranched alkanes of at least 4 members (excludes halogenated alkanes) is 7. The summed E-state index contributed by atoms with van der Waals surface area (Å²) in [7, 11) is -2.88. The summed E-state index contributed by atoms with van der Waals surface area (Å²) in [6.07, 6.45) is -3.09. The van der Waals surface area contributed by atoms with Crippen LogP contribution in [0.5, 0.6) is 5.75 Å². The highest BCUT2D eigenvalue weighted by Crippen LogP contribution is 2.44. The van der Waals surface area contributed by atoms with E-state index < -0.39 is 113 Å². The van der Waals surface area contributed by atoms with Gasteiger partial charge in [-0.3, -0.25) is 23.5 Å². The Morgan fingerprint density at radius 3 is 1.38 bits per heavy atom. The van der Waals surface area contributed by atoms with E-state index in [1.165, 1.54) is 4.90 Å². The number of hydrogen-bond donors (Lipinski definition) is 0. The van der Waals surface area contributed by atoms with Gasteiger partial charge in [-0.2, -0.15) is 8.42 Å². The molecule has 0 saturated carbocycles. The summed E-state index contributed by atoms with van der Waals surface area (Å²) in [4.78, 5) is 48.7. The lowest BCUT2D eigenvalue weighted by molar-refractivity contribution is -0.283. The molecule has 14 atom stereocenters. The van der Waals surface area contributed by atoms with Crippen molar-refractivity contribution in [3.63, 3.8) is 0 Å². The van der Waals surface area contributed by atoms with Crippen LogP contribution in [0.15, 0.2) is 231 Å². The molecule has 4 aliphatic rings. The summed E-state index contributed by atoms with van der Waals surface area (Å²) in [5.41, 5.74) is 6.70. The molecule has 1 unspecified atom stereocenters. The standard InChI is InChI=1S/C88H101NO17S/c1-62-80(99-55-64-34-18-11-19-35-64)84(102-58-67-40-24-14-25-41-67)85(103-59-68-42-26-15-27-43-68)86(104-62)83(106-107(3,93)94)77-75(105-76(61-97-54-63-32-16-10-17-33-63)82(79(77)90)101-57-66-38-22-13-23-39-66)52-70-60-98-74(46-28-8-6-4-5-7-9-31-51-96-53-69-47-49-71(95-2)50-48-69)78(81(70)100-56-65-36-20-12-21-37-65)89-87(91)72-44-29-30-45-73(72)88(89)92/h10-27,29-30,32-45,47-50,62,70,74-78,80-86H,4-9,28,31,46,51-61H2,1-3H3/t62-,70+,74-,75-,76+,77-,78-,80+,81-,82-,83?,84+,85-,86-/m0/s1. The Hall–Kier alpha value is -8.12. The maximum atomic E-state index is 16.9. The third-order valence-corrected chi connectivity index (χ3v) is 21.2. The Balaban J connectivity index is 0.896. The number of amides is 2. The Morgan fingerprint density at radius 2 is 0.879 bits per heavy atom. The largest absolute Gasteiger partial charge is 0.497 e. The van der Waals surface area contributed by atoms with Crippen LogP contribution in [0.1, 0.15) is 131 Å². The monoisotopic (exact) mass is 1480 g/mol. The van der Waals surface area contributed by atoms with Crippen LogP contribution in [0.25, 0.3) is 0 Å². The second-order valence-corrected chi connectivity index (χ2v) is 30.0. The van der Waals surface area contributed by atoms with Gasteiger partial charge in [-0.1, -0.05) is 251 Å². The van der Waals surface area contributed by atoms with Crippen molar-refractivity contribution < 1.29 is 79.1 Å². The smallest absolute Gasteiger partial charge is 0.264 e. The van der Waals surface area contributed by atoms with Crippen molar-refractivity contribution in [2.24, 2.45) is 11.8 Å². The molecule has 8 aromatic carbocycles. The van der Waals surface area contributed by atoms with Crippen molar-refractivity contribution in [1.29, 1.82) is 0 Å². The van der Waals surface area contributed by atoms with E-state index in [9.17, 15) is 8.42 Å². The van der Waals surface area contributed by atoms with Crippen molar-refractivity contribution >= 4 is 27.7 Å². The molecule has 0 spiro atoms. The van der Waals surface area contributed by atoms with Crippen molar-refractivity contribution in [2.75, 3.05) is 33.2 Å². The van der Waals surface area contributed by atoms with Gasteiger partial charge in [0.2, 0.25) is 0 Å². The summed E-state index contributed by atoms with van der Waals surface area (Å²) in [6.45, 7) is 3.47. The number of fused-ring (bicyclic) bond motifs is 1. The van der Waals surface area contributed by atoms with Crippen LogP contribution in [0.4, 0.5) is 0 Å². The molecule has 18 nitrogen and oxygen atoms in total. The number of carbonyl (C=O) groups is 3. The number of ether oxygens (including phenoxy) is 11. The molecule has 3 fully saturated rings. The maximum absolute atomic E-state index is 16.9. The first-order valence-corrected chi connectivity index (χ1v) is 39.6. The Labute approximate surface area is 630 Å². The lowest BCUT2D eigenvalue weighted by Crippen LogP contribution is -2.67. The van der Waals surface area contributed by atoms with E-state index in [1.54, 1.807) is 31.4 Å². The predicted octanol–water partition coefficient (Wildman–Crippen LogP) is 15.0. The molecule has 0 N–H and O–H groups in total. The molecule has 0 radical (unpaired) electrons. The highest BCUT2D eigenvalue weighted by atomic mass is 32.2. The molecule has 4 aliphatic heterocycles. The van der Waals surface area contributed by atoms with Crippen LogP contribution in [-0.2, 0) is 113 Å². The van der Waals surface area contributed by atoms with Crippen LogP contribution in [-0.4, -0.2) is 137 Å². The molecule has 4 heterocycles. The molecule has 0 aromatic heterocycles. The molecular formula is C88H101NO17S. The van der Waals surface area contributed by atoms with Gasteiger partial charge in [0.25, 0.3) is 21.9 Å². The number of imide groups is 1. The van der Waals surface area contributed by atoms with Gasteiger partial charge in [-0.15, -0.1) is 0 Å². The van der Waals surface area contributed by atoms with Crippen LogP contribution >= 0.6 is 0 Å². The third-order valence-electron chi connectivity index (χ3n) is 20.6. The summed E-state index contributed by atoms with van der Waals surface area (Å²) < 4.78 is 111. The predicted molar refractivity (Wildman–Crippen MR) is 405 cm³/mol.